The van der Waals surface area contributed by atoms with Crippen LogP contribution in [0, 0.1) is 35.5 Å². The summed E-state index contributed by atoms with van der Waals surface area (Å²) in [5.74, 6) is 5.42. The van der Waals surface area contributed by atoms with Crippen molar-refractivity contribution in [1.82, 2.24) is 0 Å². The van der Waals surface area contributed by atoms with Gasteiger partial charge in [-0.05, 0) is 90.2 Å². The number of carbonyl (C=O) groups is 1. The maximum atomic E-state index is 14.0. The Labute approximate surface area is 208 Å². The van der Waals surface area contributed by atoms with Crippen LogP contribution in [0.15, 0.2) is 48.5 Å². The average molecular weight is 459 g/mol. The van der Waals surface area contributed by atoms with Crippen LogP contribution in [0.3, 0.4) is 0 Å². The molecule has 1 heteroatoms. The minimum atomic E-state index is 0.211. The Bertz CT molecular complexity index is 956. The van der Waals surface area contributed by atoms with Crippen molar-refractivity contribution in [3.63, 3.8) is 0 Å². The molecule has 0 bridgehead atoms. The zero-order valence-corrected chi connectivity index (χ0v) is 22.4. The van der Waals surface area contributed by atoms with Gasteiger partial charge < -0.3 is 0 Å². The van der Waals surface area contributed by atoms with Gasteiger partial charge in [-0.2, -0.15) is 0 Å². The van der Waals surface area contributed by atoms with Crippen LogP contribution in [0.1, 0.15) is 119 Å². The molecule has 6 unspecified atom stereocenters. The molecule has 2 aliphatic rings. The van der Waals surface area contributed by atoms with Gasteiger partial charge in [0.05, 0.1) is 0 Å². The Morgan fingerprint density at radius 1 is 0.735 bits per heavy atom. The highest BCUT2D eigenvalue weighted by molar-refractivity contribution is 6.10. The van der Waals surface area contributed by atoms with Gasteiger partial charge in [-0.15, -0.1) is 0 Å². The third kappa shape index (κ3) is 5.34. The van der Waals surface area contributed by atoms with Crippen LogP contribution in [-0.4, -0.2) is 5.78 Å². The normalized spacial score (nSPS) is 30.0. The van der Waals surface area contributed by atoms with E-state index in [1.807, 2.05) is 30.3 Å². The SMILES string of the molecule is CC1CCC(C(C)C)C(c2ccc(C3CC(C)CCC3C(C)C)c(C(=O)c3ccccc3)c2)C1. The van der Waals surface area contributed by atoms with E-state index in [4.69, 9.17) is 0 Å². The topological polar surface area (TPSA) is 17.1 Å². The number of ketones is 1. The van der Waals surface area contributed by atoms with Crippen molar-refractivity contribution in [2.75, 3.05) is 0 Å². The van der Waals surface area contributed by atoms with Crippen molar-refractivity contribution in [2.45, 2.75) is 91.9 Å². The highest BCUT2D eigenvalue weighted by Crippen LogP contribution is 2.48. The van der Waals surface area contributed by atoms with Crippen LogP contribution in [0.2, 0.25) is 0 Å². The summed E-state index contributed by atoms with van der Waals surface area (Å²) in [6.45, 7) is 14.3. The van der Waals surface area contributed by atoms with Gasteiger partial charge >= 0.3 is 0 Å². The van der Waals surface area contributed by atoms with Crippen LogP contribution < -0.4 is 0 Å². The van der Waals surface area contributed by atoms with Crippen molar-refractivity contribution >= 4 is 5.78 Å². The molecular formula is C33H46O. The zero-order chi connectivity index (χ0) is 24.4. The Kier molecular flexibility index (Phi) is 8.01. The smallest absolute Gasteiger partial charge is 0.193 e. The molecule has 0 amide bonds. The Morgan fingerprint density at radius 3 is 1.88 bits per heavy atom. The van der Waals surface area contributed by atoms with E-state index in [1.54, 1.807) is 0 Å². The molecular weight excluding hydrogens is 412 g/mol. The molecule has 6 atom stereocenters. The van der Waals surface area contributed by atoms with Crippen molar-refractivity contribution < 1.29 is 4.79 Å². The standard InChI is InChI=1S/C33H46O/c1-21(2)27-15-12-23(5)18-30(27)26-14-17-29(31-19-24(6)13-16-28(31)22(3)4)32(20-26)33(34)25-10-8-7-9-11-25/h7-11,14,17,20-24,27-28,30-31H,12-13,15-16,18-19H2,1-6H3. The minimum absolute atomic E-state index is 0.211. The fraction of sp³-hybridized carbons (Fsp3) is 0.606. The molecule has 2 aromatic carbocycles. The maximum Gasteiger partial charge on any atom is 0.193 e. The fourth-order valence-corrected chi connectivity index (χ4v) is 7.21. The van der Waals surface area contributed by atoms with Gasteiger partial charge in [-0.1, -0.05) is 96.8 Å². The Balaban J connectivity index is 1.81. The van der Waals surface area contributed by atoms with E-state index in [0.717, 1.165) is 23.0 Å². The molecule has 184 valence electrons. The van der Waals surface area contributed by atoms with Crippen LogP contribution >= 0.6 is 0 Å². The lowest BCUT2D eigenvalue weighted by Gasteiger charge is -2.40. The first-order valence-corrected chi connectivity index (χ1v) is 14.0. The summed E-state index contributed by atoms with van der Waals surface area (Å²) in [6, 6.07) is 17.1. The van der Waals surface area contributed by atoms with Gasteiger partial charge in [0.2, 0.25) is 0 Å². The van der Waals surface area contributed by atoms with Crippen molar-refractivity contribution in [2.24, 2.45) is 35.5 Å². The number of carbonyl (C=O) groups excluding carboxylic acids is 1. The van der Waals surface area contributed by atoms with Gasteiger partial charge in [0, 0.05) is 11.1 Å². The largest absolute Gasteiger partial charge is 0.289 e. The van der Waals surface area contributed by atoms with Crippen LogP contribution in [-0.2, 0) is 0 Å². The van der Waals surface area contributed by atoms with E-state index in [0.29, 0.717) is 35.5 Å². The average Bonchev–Trinajstić information content (AvgIpc) is 2.83. The number of hydrogen-bond acceptors (Lipinski definition) is 1. The molecule has 0 saturated heterocycles. The highest BCUT2D eigenvalue weighted by atomic mass is 16.1. The van der Waals surface area contributed by atoms with Gasteiger partial charge in [-0.3, -0.25) is 4.79 Å². The molecule has 2 saturated carbocycles. The molecule has 0 heterocycles. The van der Waals surface area contributed by atoms with E-state index < -0.39 is 0 Å². The van der Waals surface area contributed by atoms with E-state index in [2.05, 4.69) is 59.7 Å². The zero-order valence-electron chi connectivity index (χ0n) is 22.4. The summed E-state index contributed by atoms with van der Waals surface area (Å²) in [5.41, 5.74) is 4.52. The van der Waals surface area contributed by atoms with Gasteiger partial charge in [0.1, 0.15) is 0 Å². The molecule has 0 spiro atoms. The summed E-state index contributed by atoms with van der Waals surface area (Å²) in [5, 5.41) is 0. The molecule has 0 aliphatic heterocycles. The summed E-state index contributed by atoms with van der Waals surface area (Å²) < 4.78 is 0. The maximum absolute atomic E-state index is 14.0. The molecule has 0 N–H and O–H groups in total. The predicted molar refractivity (Wildman–Crippen MR) is 144 cm³/mol. The second-order valence-corrected chi connectivity index (χ2v) is 12.4. The predicted octanol–water partition coefficient (Wildman–Crippen LogP) is 9.27. The van der Waals surface area contributed by atoms with Gasteiger partial charge in [0.15, 0.2) is 5.78 Å². The number of rotatable bonds is 6. The molecule has 0 radical (unpaired) electrons. The number of benzene rings is 2. The summed E-state index contributed by atoms with van der Waals surface area (Å²) >= 11 is 0. The van der Waals surface area contributed by atoms with E-state index >= 15 is 0 Å². The Hall–Kier alpha value is -1.89. The lowest BCUT2D eigenvalue weighted by atomic mass is 9.65. The Morgan fingerprint density at radius 2 is 1.29 bits per heavy atom. The molecule has 2 fully saturated rings. The fourth-order valence-electron chi connectivity index (χ4n) is 7.21. The van der Waals surface area contributed by atoms with Crippen molar-refractivity contribution in [3.8, 4) is 0 Å². The first kappa shape index (κ1) is 25.2. The highest BCUT2D eigenvalue weighted by Gasteiger charge is 2.36. The first-order chi connectivity index (χ1) is 16.3. The molecule has 2 aliphatic carbocycles. The van der Waals surface area contributed by atoms with Gasteiger partial charge in [-0.25, -0.2) is 0 Å². The number of hydrogen-bond donors (Lipinski definition) is 0. The second kappa shape index (κ2) is 10.8. The van der Waals surface area contributed by atoms with E-state index in [1.165, 1.54) is 49.7 Å². The first-order valence-electron chi connectivity index (χ1n) is 14.0. The third-order valence-corrected chi connectivity index (χ3v) is 9.23. The lowest BCUT2D eigenvalue weighted by molar-refractivity contribution is 0.103. The molecule has 34 heavy (non-hydrogen) atoms. The third-order valence-electron chi connectivity index (χ3n) is 9.23. The van der Waals surface area contributed by atoms with Crippen LogP contribution in [0.4, 0.5) is 0 Å². The van der Waals surface area contributed by atoms with Crippen molar-refractivity contribution in [1.29, 1.82) is 0 Å². The second-order valence-electron chi connectivity index (χ2n) is 12.4. The molecule has 1 nitrogen and oxygen atoms in total. The molecule has 4 rings (SSSR count). The van der Waals surface area contributed by atoms with Crippen LogP contribution in [0.5, 0.6) is 0 Å². The quantitative estimate of drug-likeness (QED) is 0.394. The van der Waals surface area contributed by atoms with Gasteiger partial charge in [0.25, 0.3) is 0 Å². The summed E-state index contributed by atoms with van der Waals surface area (Å²) in [6.07, 6.45) is 7.68. The summed E-state index contributed by atoms with van der Waals surface area (Å²) in [7, 11) is 0. The minimum Gasteiger partial charge on any atom is -0.289 e. The summed E-state index contributed by atoms with van der Waals surface area (Å²) in [4.78, 5) is 14.0. The monoisotopic (exact) mass is 458 g/mol. The van der Waals surface area contributed by atoms with Crippen LogP contribution in [0.25, 0.3) is 0 Å². The van der Waals surface area contributed by atoms with E-state index in [9.17, 15) is 4.79 Å². The lowest BCUT2D eigenvalue weighted by Crippen LogP contribution is -2.28. The van der Waals surface area contributed by atoms with E-state index in [-0.39, 0.29) is 5.78 Å². The molecule has 2 aromatic rings. The van der Waals surface area contributed by atoms with Crippen molar-refractivity contribution in [3.05, 3.63) is 70.8 Å². The molecule has 0 aromatic heterocycles.